The van der Waals surface area contributed by atoms with Crippen LogP contribution in [0.5, 0.6) is 0 Å². The van der Waals surface area contributed by atoms with Crippen molar-refractivity contribution < 1.29 is 19.1 Å². The molecule has 0 spiro atoms. The Labute approximate surface area is 136 Å². The fourth-order valence-corrected chi connectivity index (χ4v) is 2.83. The molecule has 2 rings (SSSR count). The summed E-state index contributed by atoms with van der Waals surface area (Å²) in [6.07, 6.45) is 0. The molecular formula is C16H16BrNO4. The molecule has 1 unspecified atom stereocenters. The molecule has 0 radical (unpaired) electrons. The zero-order chi connectivity index (χ0) is 16.4. The number of carbonyl (C=O) groups excluding carboxylic acids is 1. The van der Waals surface area contributed by atoms with E-state index in [0.29, 0.717) is 15.8 Å². The maximum absolute atomic E-state index is 12.2. The number of benzene rings is 1. The van der Waals surface area contributed by atoms with E-state index in [1.54, 1.807) is 25.1 Å². The average molecular weight is 366 g/mol. The van der Waals surface area contributed by atoms with Crippen LogP contribution in [-0.4, -0.2) is 17.0 Å². The van der Waals surface area contributed by atoms with Gasteiger partial charge in [0.25, 0.3) is 5.91 Å². The Kier molecular flexibility index (Phi) is 4.71. The Morgan fingerprint density at radius 3 is 2.18 bits per heavy atom. The first kappa shape index (κ1) is 16.3. The first-order valence-corrected chi connectivity index (χ1v) is 7.45. The summed E-state index contributed by atoms with van der Waals surface area (Å²) in [4.78, 5) is 23.8. The molecule has 2 aromatic rings. The summed E-state index contributed by atoms with van der Waals surface area (Å²) in [6.45, 7) is 5.48. The molecule has 0 aliphatic carbocycles. The van der Waals surface area contributed by atoms with Crippen molar-refractivity contribution in [2.75, 3.05) is 0 Å². The van der Waals surface area contributed by atoms with Gasteiger partial charge in [-0.2, -0.15) is 0 Å². The number of amides is 1. The largest absolute Gasteiger partial charge is 0.479 e. The molecule has 0 bridgehead atoms. The van der Waals surface area contributed by atoms with Gasteiger partial charge >= 0.3 is 5.97 Å². The zero-order valence-electron chi connectivity index (χ0n) is 12.4. The zero-order valence-corrected chi connectivity index (χ0v) is 14.0. The van der Waals surface area contributed by atoms with E-state index in [1.165, 1.54) is 0 Å². The number of rotatable bonds is 4. The Balaban J connectivity index is 2.31. The van der Waals surface area contributed by atoms with Crippen molar-refractivity contribution in [3.05, 3.63) is 56.9 Å². The molecule has 5 nitrogen and oxygen atoms in total. The molecule has 22 heavy (non-hydrogen) atoms. The lowest BCUT2D eigenvalue weighted by Gasteiger charge is -2.15. The van der Waals surface area contributed by atoms with Gasteiger partial charge in [-0.1, -0.05) is 29.3 Å². The molecule has 6 heteroatoms. The molecule has 1 aromatic carbocycles. The Morgan fingerprint density at radius 2 is 1.73 bits per heavy atom. The number of aryl methyl sites for hydroxylation is 3. The molecule has 2 N–H and O–H groups in total. The number of halogens is 1. The van der Waals surface area contributed by atoms with Crippen LogP contribution in [0.1, 0.15) is 38.9 Å². The van der Waals surface area contributed by atoms with Crippen LogP contribution in [0.3, 0.4) is 0 Å². The number of carboxylic acids is 1. The normalized spacial score (nSPS) is 12.0. The molecule has 116 valence electrons. The van der Waals surface area contributed by atoms with Gasteiger partial charge in [0.2, 0.25) is 0 Å². The van der Waals surface area contributed by atoms with Crippen molar-refractivity contribution >= 4 is 27.8 Å². The highest BCUT2D eigenvalue weighted by molar-refractivity contribution is 9.10. The molecule has 0 saturated heterocycles. The van der Waals surface area contributed by atoms with E-state index in [-0.39, 0.29) is 5.76 Å². The second kappa shape index (κ2) is 6.36. The van der Waals surface area contributed by atoms with Gasteiger partial charge in [0, 0.05) is 5.56 Å². The summed E-state index contributed by atoms with van der Waals surface area (Å²) in [7, 11) is 0. The summed E-state index contributed by atoms with van der Waals surface area (Å²) in [5, 5.41) is 11.9. The lowest BCUT2D eigenvalue weighted by Crippen LogP contribution is -2.34. The maximum atomic E-state index is 12.2. The van der Waals surface area contributed by atoms with Crippen LogP contribution in [0.15, 0.2) is 33.4 Å². The lowest BCUT2D eigenvalue weighted by molar-refractivity contribution is -0.139. The quantitative estimate of drug-likeness (QED) is 0.868. The number of carbonyl (C=O) groups is 2. The number of furan rings is 1. The molecule has 0 aliphatic rings. The fraction of sp³-hybridized carbons (Fsp3) is 0.250. The van der Waals surface area contributed by atoms with Crippen molar-refractivity contribution in [2.45, 2.75) is 26.8 Å². The highest BCUT2D eigenvalue weighted by atomic mass is 79.9. The molecule has 1 aromatic heterocycles. The van der Waals surface area contributed by atoms with Crippen LogP contribution in [0.2, 0.25) is 0 Å². The van der Waals surface area contributed by atoms with Crippen LogP contribution >= 0.6 is 15.9 Å². The predicted molar refractivity (Wildman–Crippen MR) is 84.9 cm³/mol. The molecule has 1 atom stereocenters. The van der Waals surface area contributed by atoms with Gasteiger partial charge in [-0.15, -0.1) is 0 Å². The van der Waals surface area contributed by atoms with Gasteiger partial charge < -0.3 is 14.8 Å². The lowest BCUT2D eigenvalue weighted by atomic mass is 10.0. The van der Waals surface area contributed by atoms with E-state index in [1.807, 2.05) is 19.9 Å². The third kappa shape index (κ3) is 3.57. The Morgan fingerprint density at radius 1 is 1.14 bits per heavy atom. The van der Waals surface area contributed by atoms with Gasteiger partial charge in [-0.05, 0) is 48.3 Å². The Bertz CT molecular complexity index is 715. The van der Waals surface area contributed by atoms with E-state index in [4.69, 9.17) is 4.42 Å². The summed E-state index contributed by atoms with van der Waals surface area (Å²) >= 11 is 3.15. The molecular weight excluding hydrogens is 350 g/mol. The monoisotopic (exact) mass is 365 g/mol. The fourth-order valence-electron chi connectivity index (χ4n) is 2.33. The minimum absolute atomic E-state index is 0.0995. The van der Waals surface area contributed by atoms with Crippen LogP contribution in [-0.2, 0) is 4.79 Å². The number of hydrogen-bond donors (Lipinski definition) is 2. The average Bonchev–Trinajstić information content (AvgIpc) is 2.73. The first-order chi connectivity index (χ1) is 10.3. The van der Waals surface area contributed by atoms with Gasteiger partial charge in [0.15, 0.2) is 16.5 Å². The molecule has 1 heterocycles. The number of aliphatic carboxylic acids is 1. The van der Waals surface area contributed by atoms with Crippen molar-refractivity contribution in [3.63, 3.8) is 0 Å². The highest BCUT2D eigenvalue weighted by Crippen LogP contribution is 2.22. The highest BCUT2D eigenvalue weighted by Gasteiger charge is 2.25. The molecule has 0 fully saturated rings. The minimum atomic E-state index is -1.13. The van der Waals surface area contributed by atoms with Crippen LogP contribution in [0.4, 0.5) is 0 Å². The van der Waals surface area contributed by atoms with Crippen LogP contribution in [0.25, 0.3) is 0 Å². The van der Waals surface area contributed by atoms with Crippen molar-refractivity contribution in [3.8, 4) is 0 Å². The van der Waals surface area contributed by atoms with Gasteiger partial charge in [-0.3, -0.25) is 4.79 Å². The second-order valence-corrected chi connectivity index (χ2v) is 6.01. The summed E-state index contributed by atoms with van der Waals surface area (Å²) < 4.78 is 5.68. The van der Waals surface area contributed by atoms with Crippen molar-refractivity contribution in [1.82, 2.24) is 5.32 Å². The topological polar surface area (TPSA) is 79.5 Å². The second-order valence-electron chi connectivity index (χ2n) is 5.23. The minimum Gasteiger partial charge on any atom is -0.479 e. The van der Waals surface area contributed by atoms with Crippen molar-refractivity contribution in [2.24, 2.45) is 0 Å². The molecule has 0 saturated carbocycles. The molecule has 0 aliphatic heterocycles. The van der Waals surface area contributed by atoms with E-state index in [9.17, 15) is 14.7 Å². The summed E-state index contributed by atoms with van der Waals surface area (Å²) in [5.41, 5.74) is 3.04. The third-order valence-corrected chi connectivity index (χ3v) is 3.58. The smallest absolute Gasteiger partial charge is 0.330 e. The van der Waals surface area contributed by atoms with Gasteiger partial charge in [0.1, 0.15) is 0 Å². The maximum Gasteiger partial charge on any atom is 0.330 e. The van der Waals surface area contributed by atoms with E-state index >= 15 is 0 Å². The van der Waals surface area contributed by atoms with Gasteiger partial charge in [-0.25, -0.2) is 4.79 Å². The van der Waals surface area contributed by atoms with Crippen molar-refractivity contribution in [1.29, 1.82) is 0 Å². The summed E-state index contributed by atoms with van der Waals surface area (Å²) in [5.74, 6) is -1.58. The number of carboxylic acid groups (broad SMARTS) is 1. The summed E-state index contributed by atoms with van der Waals surface area (Å²) in [6, 6.07) is 5.96. The predicted octanol–water partition coefficient (Wildman–Crippen LogP) is 3.52. The van der Waals surface area contributed by atoms with E-state index < -0.39 is 17.9 Å². The Hall–Kier alpha value is -2.08. The van der Waals surface area contributed by atoms with Crippen LogP contribution < -0.4 is 5.32 Å². The first-order valence-electron chi connectivity index (χ1n) is 6.65. The van der Waals surface area contributed by atoms with Gasteiger partial charge in [0.05, 0.1) is 0 Å². The number of hydrogen-bond acceptors (Lipinski definition) is 3. The third-order valence-electron chi connectivity index (χ3n) is 3.19. The molecule has 1 amide bonds. The number of nitrogens with one attached hydrogen (secondary N) is 1. The van der Waals surface area contributed by atoms with E-state index in [0.717, 1.165) is 11.1 Å². The standard InChI is InChI=1S/C16H16BrNO4/c1-8-4-9(2)6-11(5-8)13(16(20)21)18-15(19)14-10(3)7-12(17)22-14/h4-7,13H,1-3H3,(H,18,19)(H,20,21). The van der Waals surface area contributed by atoms with E-state index in [2.05, 4.69) is 21.2 Å². The van der Waals surface area contributed by atoms with Crippen LogP contribution in [0, 0.1) is 20.8 Å². The SMILES string of the molecule is Cc1cc(C)cc(C(NC(=O)c2oc(Br)cc2C)C(=O)O)c1.